The molecule has 158 valence electrons. The molecular weight excluding hydrogens is 400 g/mol. The van der Waals surface area contributed by atoms with Gasteiger partial charge in [-0.1, -0.05) is 26.3 Å². The maximum absolute atomic E-state index is 12.5. The van der Waals surface area contributed by atoms with E-state index in [0.717, 1.165) is 31.3 Å². The van der Waals surface area contributed by atoms with Gasteiger partial charge in [-0.2, -0.15) is 0 Å². The highest BCUT2D eigenvalue weighted by Crippen LogP contribution is 2.32. The summed E-state index contributed by atoms with van der Waals surface area (Å²) in [5, 5.41) is 11.3. The van der Waals surface area contributed by atoms with Crippen molar-refractivity contribution < 1.29 is 9.59 Å². The zero-order chi connectivity index (χ0) is 21.1. The van der Waals surface area contributed by atoms with E-state index in [1.165, 1.54) is 21.8 Å². The Morgan fingerprint density at radius 3 is 3.00 bits per heavy atom. The average molecular weight is 427 g/mol. The first-order valence-corrected chi connectivity index (χ1v) is 11.1. The van der Waals surface area contributed by atoms with Crippen LogP contribution in [0.4, 0.5) is 4.79 Å². The quantitative estimate of drug-likeness (QED) is 0.544. The fraction of sp³-hybridized carbons (Fsp3) is 0.429. The van der Waals surface area contributed by atoms with Crippen LogP contribution in [0.1, 0.15) is 65.1 Å². The minimum Gasteiger partial charge on any atom is -0.327 e. The number of hydrogen-bond acceptors (Lipinski definition) is 5. The number of nitrogens with zero attached hydrogens (tertiary/aromatic N) is 3. The number of aromatic nitrogens is 3. The number of nitrogens with one attached hydrogen (secondary N) is 3. The van der Waals surface area contributed by atoms with Gasteiger partial charge >= 0.3 is 6.03 Å². The smallest absolute Gasteiger partial charge is 0.327 e. The summed E-state index contributed by atoms with van der Waals surface area (Å²) in [6, 6.07) is 6.80. The Balaban J connectivity index is 1.38. The van der Waals surface area contributed by atoms with Crippen LogP contribution in [0.2, 0.25) is 0 Å². The Morgan fingerprint density at radius 1 is 1.30 bits per heavy atom. The molecule has 3 N–H and O–H groups in total. The van der Waals surface area contributed by atoms with Crippen molar-refractivity contribution in [1.29, 1.82) is 0 Å². The third-order valence-corrected chi connectivity index (χ3v) is 6.61. The van der Waals surface area contributed by atoms with Crippen LogP contribution in [-0.2, 0) is 12.8 Å². The monoisotopic (exact) mass is 426 g/mol. The van der Waals surface area contributed by atoms with E-state index in [9.17, 15) is 9.59 Å². The molecule has 2 unspecified atom stereocenters. The largest absolute Gasteiger partial charge is 0.334 e. The van der Waals surface area contributed by atoms with E-state index in [2.05, 4.69) is 33.3 Å². The molecule has 0 radical (unpaired) electrons. The molecule has 2 atom stereocenters. The van der Waals surface area contributed by atoms with E-state index in [1.54, 1.807) is 0 Å². The van der Waals surface area contributed by atoms with Crippen molar-refractivity contribution >= 4 is 28.9 Å². The summed E-state index contributed by atoms with van der Waals surface area (Å²) in [7, 11) is 0. The summed E-state index contributed by atoms with van der Waals surface area (Å²) >= 11 is 1.51. The van der Waals surface area contributed by atoms with Crippen LogP contribution in [0.5, 0.6) is 0 Å². The number of hydrogen-bond donors (Lipinski definition) is 3. The first-order chi connectivity index (χ1) is 14.5. The SMILES string of the molecule is CCCC(NC(=O)NNC(=O)c1cc2c(s1)CCC(C)C2)c1nnc2ccccn12. The molecule has 3 heterocycles. The number of hydrazine groups is 1. The third kappa shape index (κ3) is 4.30. The molecule has 4 rings (SSSR count). The minimum atomic E-state index is -0.482. The normalized spacial score (nSPS) is 16.7. The van der Waals surface area contributed by atoms with Gasteiger partial charge in [-0.25, -0.2) is 10.2 Å². The molecule has 0 spiro atoms. The molecule has 3 aromatic rings. The second kappa shape index (κ2) is 8.83. The van der Waals surface area contributed by atoms with Gasteiger partial charge in [0.1, 0.15) is 0 Å². The Bertz CT molecular complexity index is 1060. The Hall–Kier alpha value is -2.94. The maximum Gasteiger partial charge on any atom is 0.334 e. The molecule has 3 amide bonds. The van der Waals surface area contributed by atoms with Crippen LogP contribution >= 0.6 is 11.3 Å². The predicted molar refractivity (Wildman–Crippen MR) is 115 cm³/mol. The van der Waals surface area contributed by atoms with Gasteiger partial charge in [-0.15, -0.1) is 21.5 Å². The average Bonchev–Trinajstić information content (AvgIpc) is 3.35. The van der Waals surface area contributed by atoms with Crippen LogP contribution in [0.15, 0.2) is 30.5 Å². The minimum absolute atomic E-state index is 0.294. The van der Waals surface area contributed by atoms with Gasteiger partial charge in [0.15, 0.2) is 11.5 Å². The van der Waals surface area contributed by atoms with Crippen LogP contribution in [0, 0.1) is 5.92 Å². The highest BCUT2D eigenvalue weighted by molar-refractivity contribution is 7.14. The van der Waals surface area contributed by atoms with E-state index in [4.69, 9.17) is 0 Å². The number of urea groups is 1. The van der Waals surface area contributed by atoms with Crippen molar-refractivity contribution in [2.24, 2.45) is 5.92 Å². The molecule has 0 bridgehead atoms. The lowest BCUT2D eigenvalue weighted by Crippen LogP contribution is -2.48. The standard InChI is InChI=1S/C21H26N6O2S/c1-3-6-15(19-24-23-18-7-4-5-10-27(18)19)22-21(29)26-25-20(28)17-12-14-11-13(2)8-9-16(14)30-17/h4-5,7,10,12-13,15H,3,6,8-9,11H2,1-2H3,(H,25,28)(H2,22,26,29). The zero-order valence-electron chi connectivity index (χ0n) is 17.1. The predicted octanol–water partition coefficient (Wildman–Crippen LogP) is 3.40. The number of rotatable bonds is 5. The molecular formula is C21H26N6O2S. The Morgan fingerprint density at radius 2 is 2.17 bits per heavy atom. The number of fused-ring (bicyclic) bond motifs is 2. The van der Waals surface area contributed by atoms with Crippen molar-refractivity contribution in [3.63, 3.8) is 0 Å². The van der Waals surface area contributed by atoms with Crippen molar-refractivity contribution in [2.45, 2.75) is 52.0 Å². The van der Waals surface area contributed by atoms with Gasteiger partial charge < -0.3 is 5.32 Å². The highest BCUT2D eigenvalue weighted by atomic mass is 32.1. The van der Waals surface area contributed by atoms with E-state index in [1.807, 2.05) is 41.8 Å². The first kappa shape index (κ1) is 20.3. The fourth-order valence-corrected chi connectivity index (χ4v) is 4.94. The number of carbonyl (C=O) groups is 2. The first-order valence-electron chi connectivity index (χ1n) is 10.3. The molecule has 9 heteroatoms. The molecule has 8 nitrogen and oxygen atoms in total. The maximum atomic E-state index is 12.5. The molecule has 3 aromatic heterocycles. The van der Waals surface area contributed by atoms with Crippen LogP contribution < -0.4 is 16.2 Å². The van der Waals surface area contributed by atoms with Crippen molar-refractivity contribution in [2.75, 3.05) is 0 Å². The number of amides is 3. The summed E-state index contributed by atoms with van der Waals surface area (Å²) in [4.78, 5) is 26.8. The van der Waals surface area contributed by atoms with Gasteiger partial charge in [-0.05, 0) is 55.4 Å². The molecule has 0 aromatic carbocycles. The van der Waals surface area contributed by atoms with E-state index >= 15 is 0 Å². The Labute approximate surface area is 179 Å². The van der Waals surface area contributed by atoms with Crippen molar-refractivity contribution in [3.8, 4) is 0 Å². The van der Waals surface area contributed by atoms with E-state index < -0.39 is 6.03 Å². The van der Waals surface area contributed by atoms with Crippen LogP contribution in [0.25, 0.3) is 5.65 Å². The van der Waals surface area contributed by atoms with E-state index in [0.29, 0.717) is 23.0 Å². The molecule has 1 aliphatic carbocycles. The summed E-state index contributed by atoms with van der Waals surface area (Å²) < 4.78 is 1.86. The lowest BCUT2D eigenvalue weighted by atomic mass is 9.90. The van der Waals surface area contributed by atoms with Gasteiger partial charge in [0.2, 0.25) is 0 Å². The molecule has 30 heavy (non-hydrogen) atoms. The lowest BCUT2D eigenvalue weighted by molar-refractivity contribution is 0.0939. The molecule has 0 saturated carbocycles. The van der Waals surface area contributed by atoms with Crippen LogP contribution in [-0.4, -0.2) is 26.5 Å². The van der Waals surface area contributed by atoms with Gasteiger partial charge in [-0.3, -0.25) is 14.6 Å². The summed E-state index contributed by atoms with van der Waals surface area (Å²) in [5.41, 5.74) is 6.97. The molecule has 0 fully saturated rings. The summed E-state index contributed by atoms with van der Waals surface area (Å²) in [6.07, 6.45) is 6.62. The second-order valence-electron chi connectivity index (χ2n) is 7.79. The lowest BCUT2D eigenvalue weighted by Gasteiger charge is -2.17. The number of aryl methyl sites for hydroxylation is 1. The molecule has 1 aliphatic rings. The second-order valence-corrected chi connectivity index (χ2v) is 8.92. The van der Waals surface area contributed by atoms with Crippen molar-refractivity contribution in [1.82, 2.24) is 30.8 Å². The molecule has 0 saturated heterocycles. The number of carbonyl (C=O) groups excluding carboxylic acids is 2. The van der Waals surface area contributed by atoms with Gasteiger partial charge in [0.05, 0.1) is 10.9 Å². The van der Waals surface area contributed by atoms with Gasteiger partial charge in [0, 0.05) is 11.1 Å². The fourth-order valence-electron chi connectivity index (χ4n) is 3.84. The van der Waals surface area contributed by atoms with Crippen molar-refractivity contribution in [3.05, 3.63) is 51.6 Å². The highest BCUT2D eigenvalue weighted by Gasteiger charge is 2.22. The summed E-state index contributed by atoms with van der Waals surface area (Å²) in [5.74, 6) is 1.02. The van der Waals surface area contributed by atoms with Gasteiger partial charge in [0.25, 0.3) is 5.91 Å². The van der Waals surface area contributed by atoms with Crippen LogP contribution in [0.3, 0.4) is 0 Å². The Kier molecular flexibility index (Phi) is 5.98. The summed E-state index contributed by atoms with van der Waals surface area (Å²) in [6.45, 7) is 4.27. The number of thiophene rings is 1. The third-order valence-electron chi connectivity index (χ3n) is 5.38. The van der Waals surface area contributed by atoms with E-state index in [-0.39, 0.29) is 11.9 Å². The topological polar surface area (TPSA) is 100 Å². The molecule has 0 aliphatic heterocycles. The zero-order valence-corrected chi connectivity index (χ0v) is 18.0. The number of pyridine rings is 1.